The third kappa shape index (κ3) is 4.54. The first-order valence-corrected chi connectivity index (χ1v) is 4.03. The summed E-state index contributed by atoms with van der Waals surface area (Å²) in [6, 6.07) is 0. The van der Waals surface area contributed by atoms with Gasteiger partial charge in [0.15, 0.2) is 0 Å². The van der Waals surface area contributed by atoms with Crippen LogP contribution in [0.1, 0.15) is 20.8 Å². The van der Waals surface area contributed by atoms with Gasteiger partial charge >= 0.3 is 12.3 Å². The van der Waals surface area contributed by atoms with Crippen LogP contribution in [0.3, 0.4) is 0 Å². The van der Waals surface area contributed by atoms with Crippen molar-refractivity contribution in [3.63, 3.8) is 0 Å². The molecule has 0 aromatic rings. The van der Waals surface area contributed by atoms with Gasteiger partial charge in [-0.25, -0.2) is 9.59 Å². The van der Waals surface area contributed by atoms with Crippen molar-refractivity contribution in [1.82, 2.24) is 0 Å². The zero-order valence-electron chi connectivity index (χ0n) is 8.31. The Morgan fingerprint density at radius 1 is 1.29 bits per heavy atom. The van der Waals surface area contributed by atoms with Crippen LogP contribution in [0.2, 0.25) is 0 Å². The molecule has 0 heterocycles. The van der Waals surface area contributed by atoms with E-state index in [1.807, 2.05) is 0 Å². The summed E-state index contributed by atoms with van der Waals surface area (Å²) >= 11 is 0. The number of ether oxygens (including phenoxy) is 2. The minimum atomic E-state index is -1.39. The van der Waals surface area contributed by atoms with Crippen LogP contribution in [0.5, 0.6) is 0 Å². The van der Waals surface area contributed by atoms with E-state index in [4.69, 9.17) is 10.2 Å². The largest absolute Gasteiger partial charge is 0.506 e. The molecule has 0 saturated carbocycles. The lowest BCUT2D eigenvalue weighted by Gasteiger charge is -2.29. The van der Waals surface area contributed by atoms with Crippen LogP contribution in [-0.4, -0.2) is 34.7 Å². The lowest BCUT2D eigenvalue weighted by Crippen LogP contribution is -2.37. The normalized spacial score (nSPS) is 13.1. The second kappa shape index (κ2) is 4.69. The molecule has 6 heteroatoms. The van der Waals surface area contributed by atoms with Gasteiger partial charge < -0.3 is 19.7 Å². The van der Waals surface area contributed by atoms with E-state index in [9.17, 15) is 9.59 Å². The molecule has 0 spiro atoms. The van der Waals surface area contributed by atoms with Gasteiger partial charge in [0.05, 0.1) is 0 Å². The van der Waals surface area contributed by atoms with Gasteiger partial charge in [-0.2, -0.15) is 0 Å². The molecule has 0 bridgehead atoms. The lowest BCUT2D eigenvalue weighted by atomic mass is 9.93. The van der Waals surface area contributed by atoms with Crippen molar-refractivity contribution in [3.8, 4) is 0 Å². The maximum Gasteiger partial charge on any atom is 0.506 e. The SMILES string of the molecule is CC(COC(=O)O)C(C)(C)OC(=O)O. The van der Waals surface area contributed by atoms with Gasteiger partial charge in [0, 0.05) is 5.92 Å². The highest BCUT2D eigenvalue weighted by molar-refractivity contribution is 5.57. The highest BCUT2D eigenvalue weighted by Gasteiger charge is 2.31. The predicted octanol–water partition coefficient (Wildman–Crippen LogP) is 1.79. The van der Waals surface area contributed by atoms with Crippen LogP contribution in [-0.2, 0) is 9.47 Å². The number of rotatable bonds is 4. The molecule has 0 aromatic carbocycles. The van der Waals surface area contributed by atoms with Gasteiger partial charge in [-0.1, -0.05) is 6.92 Å². The summed E-state index contributed by atoms with van der Waals surface area (Å²) in [5.74, 6) is -0.352. The number of hydrogen-bond donors (Lipinski definition) is 2. The summed E-state index contributed by atoms with van der Waals surface area (Å²) in [5, 5.41) is 16.6. The van der Waals surface area contributed by atoms with Crippen molar-refractivity contribution in [3.05, 3.63) is 0 Å². The van der Waals surface area contributed by atoms with Crippen LogP contribution < -0.4 is 0 Å². The molecule has 1 unspecified atom stereocenters. The third-order valence-corrected chi connectivity index (χ3v) is 1.99. The quantitative estimate of drug-likeness (QED) is 0.681. The van der Waals surface area contributed by atoms with Gasteiger partial charge in [-0.05, 0) is 13.8 Å². The number of hydrogen-bond acceptors (Lipinski definition) is 4. The molecule has 2 N–H and O–H groups in total. The zero-order chi connectivity index (χ0) is 11.4. The van der Waals surface area contributed by atoms with E-state index < -0.39 is 17.9 Å². The molecule has 0 aliphatic heterocycles. The second-order valence-electron chi connectivity index (χ2n) is 3.45. The average Bonchev–Trinajstić information content (AvgIpc) is 1.97. The van der Waals surface area contributed by atoms with E-state index in [0.717, 1.165) is 0 Å². The minimum absolute atomic E-state index is 0.102. The third-order valence-electron chi connectivity index (χ3n) is 1.99. The maximum atomic E-state index is 10.3. The summed E-state index contributed by atoms with van der Waals surface area (Å²) in [6.45, 7) is 4.65. The summed E-state index contributed by atoms with van der Waals surface area (Å²) < 4.78 is 8.89. The Kier molecular flexibility index (Phi) is 4.20. The Bertz CT molecular complexity index is 222. The van der Waals surface area contributed by atoms with Crippen molar-refractivity contribution in [2.45, 2.75) is 26.4 Å². The molecule has 82 valence electrons. The fourth-order valence-corrected chi connectivity index (χ4v) is 0.723. The Balaban J connectivity index is 4.13. The average molecular weight is 206 g/mol. The molecular formula is C8H14O6. The van der Waals surface area contributed by atoms with Gasteiger partial charge in [0.25, 0.3) is 0 Å². The molecule has 0 fully saturated rings. The second-order valence-corrected chi connectivity index (χ2v) is 3.45. The molecule has 0 aromatic heterocycles. The molecule has 0 aliphatic carbocycles. The summed E-state index contributed by atoms with van der Waals surface area (Å²) in [7, 11) is 0. The summed E-state index contributed by atoms with van der Waals surface area (Å²) in [6.07, 6.45) is -2.78. The van der Waals surface area contributed by atoms with E-state index in [0.29, 0.717) is 0 Å². The highest BCUT2D eigenvalue weighted by atomic mass is 16.7. The van der Waals surface area contributed by atoms with Crippen molar-refractivity contribution >= 4 is 12.3 Å². The predicted molar refractivity (Wildman–Crippen MR) is 46.3 cm³/mol. The van der Waals surface area contributed by atoms with Crippen molar-refractivity contribution in [2.24, 2.45) is 5.92 Å². The lowest BCUT2D eigenvalue weighted by molar-refractivity contribution is -0.0464. The van der Waals surface area contributed by atoms with Crippen LogP contribution in [0.25, 0.3) is 0 Å². The van der Waals surface area contributed by atoms with Gasteiger partial charge in [0.1, 0.15) is 12.2 Å². The van der Waals surface area contributed by atoms with Gasteiger partial charge in [-0.3, -0.25) is 0 Å². The fraction of sp³-hybridized carbons (Fsp3) is 0.750. The van der Waals surface area contributed by atoms with E-state index in [2.05, 4.69) is 9.47 Å². The Hall–Kier alpha value is -1.46. The van der Waals surface area contributed by atoms with Gasteiger partial charge in [0.2, 0.25) is 0 Å². The Labute approximate surface area is 81.4 Å². The zero-order valence-corrected chi connectivity index (χ0v) is 8.31. The molecular weight excluding hydrogens is 192 g/mol. The Morgan fingerprint density at radius 2 is 1.79 bits per heavy atom. The summed E-state index contributed by atoms with van der Waals surface area (Å²) in [5.41, 5.74) is -0.971. The van der Waals surface area contributed by atoms with Crippen molar-refractivity contribution < 1.29 is 29.3 Å². The highest BCUT2D eigenvalue weighted by Crippen LogP contribution is 2.21. The molecule has 0 saturated heterocycles. The fourth-order valence-electron chi connectivity index (χ4n) is 0.723. The monoisotopic (exact) mass is 206 g/mol. The first-order valence-electron chi connectivity index (χ1n) is 4.03. The number of carboxylic acid groups (broad SMARTS) is 2. The van der Waals surface area contributed by atoms with E-state index in [-0.39, 0.29) is 12.5 Å². The van der Waals surface area contributed by atoms with Crippen molar-refractivity contribution in [2.75, 3.05) is 6.61 Å². The maximum absolute atomic E-state index is 10.3. The number of carbonyl (C=O) groups is 2. The van der Waals surface area contributed by atoms with E-state index in [1.54, 1.807) is 20.8 Å². The van der Waals surface area contributed by atoms with Crippen LogP contribution >= 0.6 is 0 Å². The summed E-state index contributed by atoms with van der Waals surface area (Å²) in [4.78, 5) is 20.4. The van der Waals surface area contributed by atoms with Crippen LogP contribution in [0, 0.1) is 5.92 Å². The van der Waals surface area contributed by atoms with Crippen LogP contribution in [0.15, 0.2) is 0 Å². The first-order chi connectivity index (χ1) is 6.25. The minimum Gasteiger partial charge on any atom is -0.450 e. The molecule has 6 nitrogen and oxygen atoms in total. The molecule has 0 radical (unpaired) electrons. The first kappa shape index (κ1) is 12.5. The van der Waals surface area contributed by atoms with Crippen molar-refractivity contribution in [1.29, 1.82) is 0 Å². The van der Waals surface area contributed by atoms with Gasteiger partial charge in [-0.15, -0.1) is 0 Å². The molecule has 0 aliphatic rings. The molecule has 0 rings (SSSR count). The molecule has 14 heavy (non-hydrogen) atoms. The standard InChI is InChI=1S/C8H14O6/c1-5(4-13-6(9)10)8(2,3)14-7(11)12/h5H,4H2,1-3H3,(H,9,10)(H,11,12). The topological polar surface area (TPSA) is 93.1 Å². The molecule has 1 atom stereocenters. The molecule has 0 amide bonds. The van der Waals surface area contributed by atoms with Crippen LogP contribution in [0.4, 0.5) is 9.59 Å². The van der Waals surface area contributed by atoms with E-state index in [1.165, 1.54) is 0 Å². The Morgan fingerprint density at radius 3 is 2.14 bits per heavy atom. The smallest absolute Gasteiger partial charge is 0.450 e. The van der Waals surface area contributed by atoms with E-state index >= 15 is 0 Å².